The topological polar surface area (TPSA) is 80.9 Å². The molecule has 2 heterocycles. The zero-order valence-corrected chi connectivity index (χ0v) is 12.2. The van der Waals surface area contributed by atoms with E-state index in [1.54, 1.807) is 25.3 Å². The van der Waals surface area contributed by atoms with Gasteiger partial charge in [0.15, 0.2) is 0 Å². The van der Waals surface area contributed by atoms with E-state index in [0.29, 0.717) is 24.0 Å². The molecule has 0 unspecified atom stereocenters. The molecule has 112 valence electrons. The highest BCUT2D eigenvalue weighted by Gasteiger charge is 2.09. The van der Waals surface area contributed by atoms with Gasteiger partial charge in [-0.2, -0.15) is 4.98 Å². The predicted octanol–water partition coefficient (Wildman–Crippen LogP) is 3.05. The Hall–Kier alpha value is -2.76. The Morgan fingerprint density at radius 1 is 1.36 bits per heavy atom. The summed E-state index contributed by atoms with van der Waals surface area (Å²) in [5.41, 5.74) is 1.79. The quantitative estimate of drug-likeness (QED) is 0.937. The number of nitrogens with one attached hydrogen (secondary N) is 1. The van der Waals surface area contributed by atoms with Crippen LogP contribution in [0.1, 0.15) is 25.2 Å². The van der Waals surface area contributed by atoms with Crippen LogP contribution >= 0.6 is 0 Å². The molecule has 0 fully saturated rings. The van der Waals surface area contributed by atoms with E-state index in [9.17, 15) is 4.79 Å². The zero-order valence-electron chi connectivity index (χ0n) is 12.2. The molecule has 22 heavy (non-hydrogen) atoms. The van der Waals surface area contributed by atoms with E-state index in [-0.39, 0.29) is 5.91 Å². The molecule has 0 saturated heterocycles. The van der Waals surface area contributed by atoms with Crippen LogP contribution in [0.2, 0.25) is 0 Å². The molecule has 0 saturated carbocycles. The van der Waals surface area contributed by atoms with Gasteiger partial charge in [-0.25, -0.2) is 4.98 Å². The second-order valence-electron chi connectivity index (χ2n) is 5.05. The first-order valence-corrected chi connectivity index (χ1v) is 7.13. The van der Waals surface area contributed by atoms with E-state index in [0.717, 1.165) is 24.0 Å². The first-order valence-electron chi connectivity index (χ1n) is 7.13. The van der Waals surface area contributed by atoms with Gasteiger partial charge < -0.3 is 9.84 Å². The number of rotatable bonds is 4. The maximum absolute atomic E-state index is 12.0. The molecule has 0 radical (unpaired) electrons. The van der Waals surface area contributed by atoms with Crippen molar-refractivity contribution in [2.75, 3.05) is 5.32 Å². The van der Waals surface area contributed by atoms with Gasteiger partial charge in [0.05, 0.1) is 6.42 Å². The van der Waals surface area contributed by atoms with Gasteiger partial charge >= 0.3 is 0 Å². The van der Waals surface area contributed by atoms with E-state index in [4.69, 9.17) is 4.52 Å². The summed E-state index contributed by atoms with van der Waals surface area (Å²) < 4.78 is 4.93. The molecular formula is C16H16N4O2. The highest BCUT2D eigenvalue weighted by Crippen LogP contribution is 2.17. The Balaban J connectivity index is 1.62. The van der Waals surface area contributed by atoms with Crippen molar-refractivity contribution in [3.63, 3.8) is 0 Å². The van der Waals surface area contributed by atoms with Crippen molar-refractivity contribution >= 4 is 11.7 Å². The van der Waals surface area contributed by atoms with E-state index < -0.39 is 0 Å². The molecule has 3 rings (SSSR count). The first kappa shape index (κ1) is 14.2. The van der Waals surface area contributed by atoms with Gasteiger partial charge in [0, 0.05) is 18.7 Å². The molecule has 2 aromatic heterocycles. The standard InChI is InChI=1S/C16H16N4O2/c1-11-18-16(20-22-11)13-7-8-14(17-10-13)19-15(21)9-12-5-3-2-4-6-12/h3,5-8,10H,2,4,9H2,1H3,(H,17,19,21). The van der Waals surface area contributed by atoms with Crippen LogP contribution in [-0.2, 0) is 4.79 Å². The van der Waals surface area contributed by atoms with Crippen molar-refractivity contribution in [2.45, 2.75) is 26.2 Å². The molecule has 6 nitrogen and oxygen atoms in total. The van der Waals surface area contributed by atoms with Gasteiger partial charge in [-0.15, -0.1) is 0 Å². The summed E-state index contributed by atoms with van der Waals surface area (Å²) in [6.07, 6.45) is 10.2. The van der Waals surface area contributed by atoms with Crippen molar-refractivity contribution in [3.8, 4) is 11.4 Å². The normalized spacial score (nSPS) is 13.8. The van der Waals surface area contributed by atoms with Gasteiger partial charge in [0.1, 0.15) is 5.82 Å². The number of carbonyl (C=O) groups excluding carboxylic acids is 1. The number of aromatic nitrogens is 3. The molecular weight excluding hydrogens is 280 g/mol. The van der Waals surface area contributed by atoms with E-state index in [1.807, 2.05) is 6.08 Å². The molecule has 0 atom stereocenters. The number of aryl methyl sites for hydroxylation is 1. The van der Waals surface area contributed by atoms with Crippen LogP contribution < -0.4 is 5.32 Å². The third-order valence-corrected chi connectivity index (χ3v) is 3.25. The minimum atomic E-state index is -0.0755. The van der Waals surface area contributed by atoms with Crippen LogP contribution in [0.5, 0.6) is 0 Å². The van der Waals surface area contributed by atoms with Crippen LogP contribution in [0.15, 0.2) is 46.7 Å². The SMILES string of the molecule is Cc1nc(-c2ccc(NC(=O)CC3=CCCC=C3)nc2)no1. The lowest BCUT2D eigenvalue weighted by Crippen LogP contribution is -2.13. The fraction of sp³-hybridized carbons (Fsp3) is 0.250. The zero-order chi connectivity index (χ0) is 15.4. The van der Waals surface area contributed by atoms with Crippen LogP contribution in [0.4, 0.5) is 5.82 Å². The monoisotopic (exact) mass is 296 g/mol. The summed E-state index contributed by atoms with van der Waals surface area (Å²) in [5.74, 6) is 1.42. The molecule has 0 aromatic carbocycles. The largest absolute Gasteiger partial charge is 0.339 e. The number of nitrogens with zero attached hydrogens (tertiary/aromatic N) is 3. The third kappa shape index (κ3) is 3.46. The Morgan fingerprint density at radius 3 is 2.91 bits per heavy atom. The molecule has 1 aliphatic rings. The van der Waals surface area contributed by atoms with Crippen LogP contribution in [0, 0.1) is 6.92 Å². The Kier molecular flexibility index (Phi) is 4.09. The average molecular weight is 296 g/mol. The Bertz CT molecular complexity index is 729. The van der Waals surface area contributed by atoms with Crippen molar-refractivity contribution in [1.82, 2.24) is 15.1 Å². The molecule has 1 amide bonds. The van der Waals surface area contributed by atoms with Gasteiger partial charge in [0.25, 0.3) is 0 Å². The smallest absolute Gasteiger partial charge is 0.229 e. The lowest BCUT2D eigenvalue weighted by Gasteiger charge is -2.07. The van der Waals surface area contributed by atoms with E-state index >= 15 is 0 Å². The second-order valence-corrected chi connectivity index (χ2v) is 5.05. The molecule has 0 spiro atoms. The van der Waals surface area contributed by atoms with Crippen molar-refractivity contribution in [3.05, 3.63) is 48.0 Å². The van der Waals surface area contributed by atoms with Crippen molar-refractivity contribution < 1.29 is 9.32 Å². The minimum absolute atomic E-state index is 0.0755. The van der Waals surface area contributed by atoms with Crippen molar-refractivity contribution in [1.29, 1.82) is 0 Å². The highest BCUT2D eigenvalue weighted by atomic mass is 16.5. The number of anilines is 1. The van der Waals surface area contributed by atoms with Gasteiger partial charge in [-0.05, 0) is 30.5 Å². The second kappa shape index (κ2) is 6.34. The first-order chi connectivity index (χ1) is 10.7. The van der Waals surface area contributed by atoms with Crippen molar-refractivity contribution in [2.24, 2.45) is 0 Å². The average Bonchev–Trinajstić information content (AvgIpc) is 2.95. The minimum Gasteiger partial charge on any atom is -0.339 e. The van der Waals surface area contributed by atoms with Gasteiger partial charge in [-0.3, -0.25) is 4.79 Å². The summed E-state index contributed by atoms with van der Waals surface area (Å²) in [7, 11) is 0. The number of hydrogen-bond donors (Lipinski definition) is 1. The molecule has 1 N–H and O–H groups in total. The predicted molar refractivity (Wildman–Crippen MR) is 82.0 cm³/mol. The number of carbonyl (C=O) groups is 1. The van der Waals surface area contributed by atoms with Gasteiger partial charge in [-0.1, -0.05) is 23.4 Å². The Morgan fingerprint density at radius 2 is 2.27 bits per heavy atom. The lowest BCUT2D eigenvalue weighted by molar-refractivity contribution is -0.115. The van der Waals surface area contributed by atoms with E-state index in [1.165, 1.54) is 0 Å². The molecule has 0 aliphatic heterocycles. The van der Waals surface area contributed by atoms with Gasteiger partial charge in [0.2, 0.25) is 17.6 Å². The maximum Gasteiger partial charge on any atom is 0.229 e. The number of amides is 1. The number of pyridine rings is 1. The molecule has 1 aliphatic carbocycles. The molecule has 2 aromatic rings. The summed E-state index contributed by atoms with van der Waals surface area (Å²) in [5, 5.41) is 6.61. The summed E-state index contributed by atoms with van der Waals surface area (Å²) >= 11 is 0. The van der Waals surface area contributed by atoms with Crippen LogP contribution in [0.25, 0.3) is 11.4 Å². The fourth-order valence-corrected chi connectivity index (χ4v) is 2.19. The molecule has 6 heteroatoms. The van der Waals surface area contributed by atoms with E-state index in [2.05, 4.69) is 32.6 Å². The summed E-state index contributed by atoms with van der Waals surface area (Å²) in [4.78, 5) is 20.3. The highest BCUT2D eigenvalue weighted by molar-refractivity contribution is 5.91. The summed E-state index contributed by atoms with van der Waals surface area (Å²) in [6, 6.07) is 3.52. The Labute approximate surface area is 128 Å². The van der Waals surface area contributed by atoms with Crippen LogP contribution in [-0.4, -0.2) is 21.0 Å². The van der Waals surface area contributed by atoms with Crippen LogP contribution in [0.3, 0.4) is 0 Å². The lowest BCUT2D eigenvalue weighted by atomic mass is 10.0. The number of hydrogen-bond acceptors (Lipinski definition) is 5. The third-order valence-electron chi connectivity index (χ3n) is 3.25. The fourth-order valence-electron chi connectivity index (χ4n) is 2.19. The molecule has 0 bridgehead atoms. The maximum atomic E-state index is 12.0. The number of allylic oxidation sites excluding steroid dienone is 3. The summed E-state index contributed by atoms with van der Waals surface area (Å²) in [6.45, 7) is 1.73.